The van der Waals surface area contributed by atoms with Crippen molar-refractivity contribution in [2.45, 2.75) is 20.3 Å². The molecule has 0 spiro atoms. The number of fused-ring (bicyclic) bond motifs is 1. The summed E-state index contributed by atoms with van der Waals surface area (Å²) in [7, 11) is 0. The average Bonchev–Trinajstić information content (AvgIpc) is 2.79. The Labute approximate surface area is 128 Å². The summed E-state index contributed by atoms with van der Waals surface area (Å²) in [6.07, 6.45) is 1.33. The summed E-state index contributed by atoms with van der Waals surface area (Å²) in [5, 5.41) is 0. The Kier molecular flexibility index (Phi) is 3.37. The smallest absolute Gasteiger partial charge is 0.266 e. The molecule has 0 radical (unpaired) electrons. The van der Waals surface area contributed by atoms with E-state index in [-0.39, 0.29) is 17.0 Å². The number of hydrogen-bond acceptors (Lipinski definition) is 3. The van der Waals surface area contributed by atoms with Crippen molar-refractivity contribution < 1.29 is 14.4 Å². The number of rotatable bonds is 3. The Bertz CT molecular complexity index is 808. The largest absolute Gasteiger partial charge is 0.298 e. The molecule has 4 nitrogen and oxygen atoms in total. The second kappa shape index (κ2) is 5.22. The Morgan fingerprint density at radius 3 is 2.45 bits per heavy atom. The van der Waals surface area contributed by atoms with Gasteiger partial charge in [-0.05, 0) is 30.5 Å². The standard InChI is InChI=1S/C18H15NO3/c1-3-12-7-4-6-11(2)16(12)19-17(21)14-9-5-8-13(10-20)15(14)18(19)22/h4-10H,3H2,1-2H3. The van der Waals surface area contributed by atoms with Gasteiger partial charge in [0, 0.05) is 5.56 Å². The molecule has 1 aliphatic heterocycles. The van der Waals surface area contributed by atoms with Crippen LogP contribution in [-0.2, 0) is 6.42 Å². The molecule has 22 heavy (non-hydrogen) atoms. The zero-order chi connectivity index (χ0) is 15.9. The van der Waals surface area contributed by atoms with E-state index in [0.29, 0.717) is 24.0 Å². The lowest BCUT2D eigenvalue weighted by Gasteiger charge is -2.20. The molecule has 0 aliphatic carbocycles. The number of hydrogen-bond donors (Lipinski definition) is 0. The van der Waals surface area contributed by atoms with E-state index in [1.807, 2.05) is 32.0 Å². The first-order valence-electron chi connectivity index (χ1n) is 7.15. The highest BCUT2D eigenvalue weighted by Gasteiger charge is 2.39. The summed E-state index contributed by atoms with van der Waals surface area (Å²) in [5.74, 6) is -0.792. The van der Waals surface area contributed by atoms with Crippen LogP contribution in [0.2, 0.25) is 0 Å². The van der Waals surface area contributed by atoms with E-state index in [1.54, 1.807) is 18.2 Å². The normalized spacial score (nSPS) is 13.5. The van der Waals surface area contributed by atoms with Gasteiger partial charge in [0.1, 0.15) is 0 Å². The number of aryl methyl sites for hydroxylation is 2. The van der Waals surface area contributed by atoms with E-state index in [1.165, 1.54) is 4.90 Å². The van der Waals surface area contributed by atoms with E-state index < -0.39 is 5.91 Å². The van der Waals surface area contributed by atoms with Gasteiger partial charge in [0.25, 0.3) is 11.8 Å². The van der Waals surface area contributed by atoms with Crippen LogP contribution in [0.25, 0.3) is 0 Å². The Morgan fingerprint density at radius 1 is 1.05 bits per heavy atom. The number of para-hydroxylation sites is 1. The molecular weight excluding hydrogens is 278 g/mol. The van der Waals surface area contributed by atoms with Crippen LogP contribution in [0.1, 0.15) is 49.1 Å². The van der Waals surface area contributed by atoms with E-state index in [0.717, 1.165) is 11.1 Å². The number of imide groups is 1. The third-order valence-electron chi connectivity index (χ3n) is 4.00. The van der Waals surface area contributed by atoms with Gasteiger partial charge in [-0.1, -0.05) is 37.3 Å². The maximum absolute atomic E-state index is 12.8. The maximum atomic E-state index is 12.8. The molecule has 1 heterocycles. The van der Waals surface area contributed by atoms with Gasteiger partial charge in [-0.15, -0.1) is 0 Å². The lowest BCUT2D eigenvalue weighted by atomic mass is 10.0. The lowest BCUT2D eigenvalue weighted by Crippen LogP contribution is -2.31. The summed E-state index contributed by atoms with van der Waals surface area (Å²) < 4.78 is 0. The van der Waals surface area contributed by atoms with Crippen molar-refractivity contribution in [1.29, 1.82) is 0 Å². The molecule has 0 fully saturated rings. The number of benzene rings is 2. The fourth-order valence-electron chi connectivity index (χ4n) is 2.94. The molecule has 2 amide bonds. The van der Waals surface area contributed by atoms with E-state index in [4.69, 9.17) is 0 Å². The number of anilines is 1. The zero-order valence-corrected chi connectivity index (χ0v) is 12.4. The van der Waals surface area contributed by atoms with Crippen LogP contribution in [-0.4, -0.2) is 18.1 Å². The molecule has 0 atom stereocenters. The number of amides is 2. The first kappa shape index (κ1) is 14.2. The fraction of sp³-hybridized carbons (Fsp3) is 0.167. The fourth-order valence-corrected chi connectivity index (χ4v) is 2.94. The molecule has 2 aromatic carbocycles. The monoisotopic (exact) mass is 293 g/mol. The minimum absolute atomic E-state index is 0.202. The highest BCUT2D eigenvalue weighted by atomic mass is 16.2. The SMILES string of the molecule is CCc1cccc(C)c1N1C(=O)c2cccc(C=O)c2C1=O. The van der Waals surface area contributed by atoms with E-state index in [2.05, 4.69) is 0 Å². The van der Waals surface area contributed by atoms with Gasteiger partial charge in [-0.25, -0.2) is 4.90 Å². The summed E-state index contributed by atoms with van der Waals surface area (Å²) in [6.45, 7) is 3.85. The minimum atomic E-state index is -0.424. The number of carbonyl (C=O) groups is 3. The number of carbonyl (C=O) groups excluding carboxylic acids is 3. The molecule has 0 aromatic heterocycles. The van der Waals surface area contributed by atoms with Crippen molar-refractivity contribution in [3.05, 3.63) is 64.2 Å². The third-order valence-corrected chi connectivity index (χ3v) is 4.00. The van der Waals surface area contributed by atoms with Gasteiger partial charge in [-0.3, -0.25) is 14.4 Å². The van der Waals surface area contributed by atoms with E-state index in [9.17, 15) is 14.4 Å². The first-order chi connectivity index (χ1) is 10.6. The van der Waals surface area contributed by atoms with Crippen LogP contribution in [0.3, 0.4) is 0 Å². The van der Waals surface area contributed by atoms with Gasteiger partial charge < -0.3 is 0 Å². The highest BCUT2D eigenvalue weighted by molar-refractivity contribution is 6.36. The predicted octanol–water partition coefficient (Wildman–Crippen LogP) is 3.17. The summed E-state index contributed by atoms with van der Waals surface area (Å²) in [6, 6.07) is 10.5. The van der Waals surface area contributed by atoms with Gasteiger partial charge >= 0.3 is 0 Å². The lowest BCUT2D eigenvalue weighted by molar-refractivity contribution is 0.0923. The van der Waals surface area contributed by atoms with Crippen molar-refractivity contribution in [2.75, 3.05) is 4.90 Å². The van der Waals surface area contributed by atoms with Gasteiger partial charge in [0.15, 0.2) is 6.29 Å². The van der Waals surface area contributed by atoms with Crippen LogP contribution in [0, 0.1) is 6.92 Å². The molecule has 0 saturated heterocycles. The molecule has 4 heteroatoms. The van der Waals surface area contributed by atoms with Gasteiger partial charge in [-0.2, -0.15) is 0 Å². The van der Waals surface area contributed by atoms with E-state index >= 15 is 0 Å². The predicted molar refractivity (Wildman–Crippen MR) is 83.5 cm³/mol. The van der Waals surface area contributed by atoms with Gasteiger partial charge in [0.05, 0.1) is 16.8 Å². The molecule has 0 unspecified atom stereocenters. The zero-order valence-electron chi connectivity index (χ0n) is 12.4. The number of aldehydes is 1. The van der Waals surface area contributed by atoms with Crippen molar-refractivity contribution in [3.63, 3.8) is 0 Å². The van der Waals surface area contributed by atoms with Crippen LogP contribution in [0.5, 0.6) is 0 Å². The highest BCUT2D eigenvalue weighted by Crippen LogP contribution is 2.34. The van der Waals surface area contributed by atoms with Crippen LogP contribution in [0.15, 0.2) is 36.4 Å². The second-order valence-corrected chi connectivity index (χ2v) is 5.27. The minimum Gasteiger partial charge on any atom is -0.298 e. The average molecular weight is 293 g/mol. The van der Waals surface area contributed by atoms with Crippen molar-refractivity contribution >= 4 is 23.8 Å². The maximum Gasteiger partial charge on any atom is 0.266 e. The Balaban J connectivity index is 2.23. The Hall–Kier alpha value is -2.75. The summed E-state index contributed by atoms with van der Waals surface area (Å²) in [5.41, 5.74) is 3.18. The molecule has 3 rings (SSSR count). The van der Waals surface area contributed by atoms with Crippen molar-refractivity contribution in [2.24, 2.45) is 0 Å². The Morgan fingerprint density at radius 2 is 1.77 bits per heavy atom. The van der Waals surface area contributed by atoms with Crippen molar-refractivity contribution in [3.8, 4) is 0 Å². The van der Waals surface area contributed by atoms with Crippen LogP contribution >= 0.6 is 0 Å². The quantitative estimate of drug-likeness (QED) is 0.645. The summed E-state index contributed by atoms with van der Waals surface area (Å²) >= 11 is 0. The molecule has 0 bridgehead atoms. The third kappa shape index (κ3) is 1.88. The molecular formula is C18H15NO3. The number of nitrogens with zero attached hydrogens (tertiary/aromatic N) is 1. The van der Waals surface area contributed by atoms with Gasteiger partial charge in [0.2, 0.25) is 0 Å². The molecule has 1 aliphatic rings. The first-order valence-corrected chi connectivity index (χ1v) is 7.15. The molecule has 110 valence electrons. The molecule has 2 aromatic rings. The molecule has 0 N–H and O–H groups in total. The summed E-state index contributed by atoms with van der Waals surface area (Å²) in [4.78, 5) is 37.8. The topological polar surface area (TPSA) is 54.5 Å². The molecule has 0 saturated carbocycles. The van der Waals surface area contributed by atoms with Crippen LogP contribution < -0.4 is 4.90 Å². The van der Waals surface area contributed by atoms with Crippen molar-refractivity contribution in [1.82, 2.24) is 0 Å². The van der Waals surface area contributed by atoms with Crippen LogP contribution in [0.4, 0.5) is 5.69 Å². The second-order valence-electron chi connectivity index (χ2n) is 5.27.